The van der Waals surface area contributed by atoms with Gasteiger partial charge in [0.15, 0.2) is 0 Å². The van der Waals surface area contributed by atoms with Crippen molar-refractivity contribution in [3.05, 3.63) is 78.1 Å². The highest BCUT2D eigenvalue weighted by Crippen LogP contribution is 2.16. The van der Waals surface area contributed by atoms with Crippen LogP contribution in [0.3, 0.4) is 0 Å². The summed E-state index contributed by atoms with van der Waals surface area (Å²) in [7, 11) is 0. The first-order valence-electron chi connectivity index (χ1n) is 9.01. The van der Waals surface area contributed by atoms with Crippen molar-refractivity contribution in [3.8, 4) is 5.69 Å². The molecule has 1 fully saturated rings. The summed E-state index contributed by atoms with van der Waals surface area (Å²) in [6.07, 6.45) is 5.69. The van der Waals surface area contributed by atoms with E-state index in [2.05, 4.69) is 10.4 Å². The maximum atomic E-state index is 12.4. The average molecular weight is 360 g/mol. The van der Waals surface area contributed by atoms with Crippen molar-refractivity contribution in [2.45, 2.75) is 12.8 Å². The second kappa shape index (κ2) is 7.45. The number of carbonyl (C=O) groups excluding carboxylic acids is 2. The number of amides is 2. The van der Waals surface area contributed by atoms with Crippen LogP contribution in [-0.4, -0.2) is 39.6 Å². The molecule has 27 heavy (non-hydrogen) atoms. The minimum absolute atomic E-state index is 0.0552. The Bertz CT molecular complexity index is 925. The third-order valence-corrected chi connectivity index (χ3v) is 4.68. The minimum atomic E-state index is -0.194. The van der Waals surface area contributed by atoms with Gasteiger partial charge in [0.2, 0.25) is 0 Å². The number of hydrogen-bond acceptors (Lipinski definition) is 3. The third kappa shape index (κ3) is 3.74. The zero-order chi connectivity index (χ0) is 18.6. The quantitative estimate of drug-likeness (QED) is 0.776. The van der Waals surface area contributed by atoms with Crippen LogP contribution < -0.4 is 5.32 Å². The number of benzene rings is 2. The van der Waals surface area contributed by atoms with E-state index in [4.69, 9.17) is 0 Å². The van der Waals surface area contributed by atoms with Gasteiger partial charge < -0.3 is 10.2 Å². The molecule has 2 heterocycles. The second-order valence-electron chi connectivity index (χ2n) is 6.53. The van der Waals surface area contributed by atoms with Gasteiger partial charge >= 0.3 is 0 Å². The zero-order valence-corrected chi connectivity index (χ0v) is 14.8. The Hall–Kier alpha value is -3.41. The Morgan fingerprint density at radius 3 is 2.19 bits per heavy atom. The highest BCUT2D eigenvalue weighted by molar-refractivity contribution is 6.04. The van der Waals surface area contributed by atoms with Crippen LogP contribution in [0, 0.1) is 0 Å². The van der Waals surface area contributed by atoms with Gasteiger partial charge in [0, 0.05) is 42.3 Å². The van der Waals surface area contributed by atoms with Gasteiger partial charge in [-0.1, -0.05) is 0 Å². The predicted octanol–water partition coefficient (Wildman–Crippen LogP) is 3.36. The molecule has 1 aliphatic rings. The number of carbonyl (C=O) groups is 2. The van der Waals surface area contributed by atoms with E-state index in [0.717, 1.165) is 31.6 Å². The first kappa shape index (κ1) is 17.0. The van der Waals surface area contributed by atoms with E-state index in [1.165, 1.54) is 0 Å². The molecular formula is C21H20N4O2. The molecule has 0 radical (unpaired) electrons. The van der Waals surface area contributed by atoms with Crippen LogP contribution in [0.25, 0.3) is 5.69 Å². The van der Waals surface area contributed by atoms with Crippen molar-refractivity contribution in [3.63, 3.8) is 0 Å². The van der Waals surface area contributed by atoms with Crippen LogP contribution in [0.2, 0.25) is 0 Å². The summed E-state index contributed by atoms with van der Waals surface area (Å²) >= 11 is 0. The van der Waals surface area contributed by atoms with E-state index in [1.807, 2.05) is 29.3 Å². The lowest BCUT2D eigenvalue weighted by Gasteiger charge is -2.15. The first-order chi connectivity index (χ1) is 13.2. The number of rotatable bonds is 4. The molecule has 0 atom stereocenters. The van der Waals surface area contributed by atoms with Crippen LogP contribution in [0.15, 0.2) is 67.0 Å². The summed E-state index contributed by atoms with van der Waals surface area (Å²) in [6, 6.07) is 16.1. The fourth-order valence-electron chi connectivity index (χ4n) is 3.19. The molecule has 4 rings (SSSR count). The van der Waals surface area contributed by atoms with Crippen molar-refractivity contribution in [2.24, 2.45) is 0 Å². The number of likely N-dealkylation sites (tertiary alicyclic amines) is 1. The van der Waals surface area contributed by atoms with Gasteiger partial charge in [0.05, 0.1) is 5.69 Å². The molecule has 0 unspecified atom stereocenters. The molecule has 1 saturated heterocycles. The lowest BCUT2D eigenvalue weighted by Crippen LogP contribution is -2.27. The molecule has 136 valence electrons. The van der Waals surface area contributed by atoms with Crippen LogP contribution >= 0.6 is 0 Å². The molecule has 1 N–H and O–H groups in total. The number of nitrogens with zero attached hydrogens (tertiary/aromatic N) is 3. The standard InChI is InChI=1S/C21H20N4O2/c26-20(16-6-10-19(11-7-16)25-15-3-12-22-25)23-18-8-4-17(5-9-18)21(27)24-13-1-2-14-24/h3-12,15H,1-2,13-14H2,(H,23,26). The van der Waals surface area contributed by atoms with Gasteiger partial charge in [-0.2, -0.15) is 5.10 Å². The van der Waals surface area contributed by atoms with Crippen molar-refractivity contribution in [2.75, 3.05) is 18.4 Å². The lowest BCUT2D eigenvalue weighted by molar-refractivity contribution is 0.0792. The number of anilines is 1. The van der Waals surface area contributed by atoms with Gasteiger partial charge in [0.1, 0.15) is 0 Å². The molecule has 0 saturated carbocycles. The largest absolute Gasteiger partial charge is 0.339 e. The van der Waals surface area contributed by atoms with E-state index in [-0.39, 0.29) is 11.8 Å². The van der Waals surface area contributed by atoms with Gasteiger partial charge in [-0.3, -0.25) is 9.59 Å². The maximum absolute atomic E-state index is 12.4. The van der Waals surface area contributed by atoms with E-state index in [9.17, 15) is 9.59 Å². The van der Waals surface area contributed by atoms with Crippen molar-refractivity contribution in [1.29, 1.82) is 0 Å². The monoisotopic (exact) mass is 360 g/mol. The summed E-state index contributed by atoms with van der Waals surface area (Å²) in [6.45, 7) is 1.65. The molecular weight excluding hydrogens is 340 g/mol. The van der Waals surface area contributed by atoms with Gasteiger partial charge in [-0.25, -0.2) is 4.68 Å². The lowest BCUT2D eigenvalue weighted by atomic mass is 10.1. The number of hydrogen-bond donors (Lipinski definition) is 1. The second-order valence-corrected chi connectivity index (χ2v) is 6.53. The Morgan fingerprint density at radius 2 is 1.56 bits per heavy atom. The molecule has 3 aromatic rings. The van der Waals surface area contributed by atoms with E-state index >= 15 is 0 Å². The van der Waals surface area contributed by atoms with E-state index in [1.54, 1.807) is 47.3 Å². The molecule has 0 aliphatic carbocycles. The third-order valence-electron chi connectivity index (χ3n) is 4.68. The van der Waals surface area contributed by atoms with Gasteiger partial charge in [0.25, 0.3) is 11.8 Å². The fourth-order valence-corrected chi connectivity index (χ4v) is 3.19. The normalized spacial score (nSPS) is 13.6. The summed E-state index contributed by atoms with van der Waals surface area (Å²) < 4.78 is 1.73. The Kier molecular flexibility index (Phi) is 4.70. The molecule has 0 spiro atoms. The van der Waals surface area contributed by atoms with E-state index in [0.29, 0.717) is 16.8 Å². The van der Waals surface area contributed by atoms with Crippen molar-refractivity contribution in [1.82, 2.24) is 14.7 Å². The van der Waals surface area contributed by atoms with E-state index < -0.39 is 0 Å². The van der Waals surface area contributed by atoms with Crippen LogP contribution in [0.4, 0.5) is 5.69 Å². The number of aromatic nitrogens is 2. The molecule has 1 aliphatic heterocycles. The topological polar surface area (TPSA) is 67.2 Å². The molecule has 1 aromatic heterocycles. The zero-order valence-electron chi connectivity index (χ0n) is 14.8. The highest BCUT2D eigenvalue weighted by atomic mass is 16.2. The summed E-state index contributed by atoms with van der Waals surface area (Å²) in [4.78, 5) is 26.7. The van der Waals surface area contributed by atoms with Crippen LogP contribution in [0.5, 0.6) is 0 Å². The smallest absolute Gasteiger partial charge is 0.255 e. The Balaban J connectivity index is 1.41. The summed E-state index contributed by atoms with van der Waals surface area (Å²) in [5, 5.41) is 7.03. The SMILES string of the molecule is O=C(Nc1ccc(C(=O)N2CCCC2)cc1)c1ccc(-n2cccn2)cc1. The predicted molar refractivity (Wildman–Crippen MR) is 103 cm³/mol. The number of nitrogens with one attached hydrogen (secondary N) is 1. The fraction of sp³-hybridized carbons (Fsp3) is 0.190. The average Bonchev–Trinajstić information content (AvgIpc) is 3.42. The highest BCUT2D eigenvalue weighted by Gasteiger charge is 2.19. The molecule has 2 amide bonds. The van der Waals surface area contributed by atoms with Gasteiger partial charge in [-0.05, 0) is 67.4 Å². The molecule has 2 aromatic carbocycles. The molecule has 6 nitrogen and oxygen atoms in total. The summed E-state index contributed by atoms with van der Waals surface area (Å²) in [5.41, 5.74) is 2.76. The van der Waals surface area contributed by atoms with Crippen molar-refractivity contribution >= 4 is 17.5 Å². The van der Waals surface area contributed by atoms with Crippen molar-refractivity contribution < 1.29 is 9.59 Å². The van der Waals surface area contributed by atoms with Gasteiger partial charge in [-0.15, -0.1) is 0 Å². The maximum Gasteiger partial charge on any atom is 0.255 e. The van der Waals surface area contributed by atoms with Crippen LogP contribution in [0.1, 0.15) is 33.6 Å². The minimum Gasteiger partial charge on any atom is -0.339 e. The molecule has 6 heteroatoms. The Labute approximate surface area is 157 Å². The molecule has 0 bridgehead atoms. The first-order valence-corrected chi connectivity index (χ1v) is 9.01. The Morgan fingerprint density at radius 1 is 0.889 bits per heavy atom. The summed E-state index contributed by atoms with van der Waals surface area (Å²) in [5.74, 6) is -0.139. The van der Waals surface area contributed by atoms with Crippen LogP contribution in [-0.2, 0) is 0 Å².